The van der Waals surface area contributed by atoms with E-state index in [1.807, 2.05) is 0 Å². The molecule has 96 valence electrons. The van der Waals surface area contributed by atoms with Crippen molar-refractivity contribution in [3.8, 4) is 0 Å². The highest BCUT2D eigenvalue weighted by atomic mass is 35.5. The van der Waals surface area contributed by atoms with Gasteiger partial charge in [0.1, 0.15) is 0 Å². The Bertz CT molecular complexity index is 361. The lowest BCUT2D eigenvalue weighted by atomic mass is 10.0. The van der Waals surface area contributed by atoms with E-state index in [-0.39, 0.29) is 10.6 Å². The standard InChI is InChI=1S/C12H18ClFN2S/c1-4-12(5-2,17-3)8-16-11-10(14)6-9(13)7-15-11/h6-7H,4-5,8H2,1-3H3,(H,15,16). The lowest BCUT2D eigenvalue weighted by Crippen LogP contribution is -2.32. The molecule has 1 rings (SSSR count). The number of hydrogen-bond acceptors (Lipinski definition) is 3. The highest BCUT2D eigenvalue weighted by Gasteiger charge is 2.25. The van der Waals surface area contributed by atoms with Crippen LogP contribution in [0.2, 0.25) is 5.02 Å². The normalized spacial score (nSPS) is 11.6. The molecule has 1 aromatic rings. The van der Waals surface area contributed by atoms with E-state index in [9.17, 15) is 4.39 Å². The molecule has 5 heteroatoms. The second kappa shape index (κ2) is 6.45. The number of thioether (sulfide) groups is 1. The number of hydrogen-bond donors (Lipinski definition) is 1. The second-order valence-electron chi connectivity index (χ2n) is 3.93. The molecule has 0 amide bonds. The van der Waals surface area contributed by atoms with E-state index in [0.29, 0.717) is 11.6 Å². The van der Waals surface area contributed by atoms with Gasteiger partial charge >= 0.3 is 0 Å². The molecule has 0 saturated heterocycles. The fourth-order valence-electron chi connectivity index (χ4n) is 1.65. The summed E-state index contributed by atoms with van der Waals surface area (Å²) >= 11 is 7.46. The molecule has 0 unspecified atom stereocenters. The molecule has 0 fully saturated rings. The van der Waals surface area contributed by atoms with Gasteiger partial charge in [-0.2, -0.15) is 11.8 Å². The zero-order valence-corrected chi connectivity index (χ0v) is 12.0. The van der Waals surface area contributed by atoms with Crippen molar-refractivity contribution in [2.75, 3.05) is 18.1 Å². The maximum atomic E-state index is 13.5. The minimum absolute atomic E-state index is 0.133. The topological polar surface area (TPSA) is 24.9 Å². The zero-order chi connectivity index (χ0) is 12.9. The largest absolute Gasteiger partial charge is 0.366 e. The maximum absolute atomic E-state index is 13.5. The van der Waals surface area contributed by atoms with Crippen molar-refractivity contribution >= 4 is 29.2 Å². The van der Waals surface area contributed by atoms with E-state index in [4.69, 9.17) is 11.6 Å². The molecule has 17 heavy (non-hydrogen) atoms. The molecule has 0 atom stereocenters. The Morgan fingerprint density at radius 3 is 2.59 bits per heavy atom. The van der Waals surface area contributed by atoms with Gasteiger partial charge in [0.05, 0.1) is 5.02 Å². The van der Waals surface area contributed by atoms with Gasteiger partial charge in [-0.15, -0.1) is 0 Å². The average Bonchev–Trinajstić information content (AvgIpc) is 2.33. The number of pyridine rings is 1. The monoisotopic (exact) mass is 276 g/mol. The van der Waals surface area contributed by atoms with Crippen LogP contribution in [0.25, 0.3) is 0 Å². The lowest BCUT2D eigenvalue weighted by molar-refractivity contribution is 0.568. The molecule has 1 aromatic heterocycles. The van der Waals surface area contributed by atoms with Crippen molar-refractivity contribution in [3.63, 3.8) is 0 Å². The predicted octanol–water partition coefficient (Wildman–Crippen LogP) is 4.21. The van der Waals surface area contributed by atoms with Gasteiger partial charge in [0, 0.05) is 17.5 Å². The summed E-state index contributed by atoms with van der Waals surface area (Å²) < 4.78 is 13.7. The first kappa shape index (κ1) is 14.6. The van der Waals surface area contributed by atoms with Crippen molar-refractivity contribution in [2.45, 2.75) is 31.4 Å². The van der Waals surface area contributed by atoms with Crippen molar-refractivity contribution < 1.29 is 4.39 Å². The van der Waals surface area contributed by atoms with Gasteiger partial charge in [-0.1, -0.05) is 25.4 Å². The van der Waals surface area contributed by atoms with E-state index in [2.05, 4.69) is 30.4 Å². The quantitative estimate of drug-likeness (QED) is 0.843. The average molecular weight is 277 g/mol. The number of rotatable bonds is 6. The molecule has 0 aliphatic rings. The molecule has 2 nitrogen and oxygen atoms in total. The molecule has 0 aliphatic heterocycles. The summed E-state index contributed by atoms with van der Waals surface area (Å²) in [5.74, 6) is -0.130. The molecule has 1 heterocycles. The number of anilines is 1. The van der Waals surface area contributed by atoms with Crippen LogP contribution < -0.4 is 5.32 Å². The third-order valence-corrected chi connectivity index (χ3v) is 4.90. The zero-order valence-electron chi connectivity index (χ0n) is 10.4. The molecule has 1 N–H and O–H groups in total. The summed E-state index contributed by atoms with van der Waals surface area (Å²) in [4.78, 5) is 3.96. The molecular formula is C12H18ClFN2S. The van der Waals surface area contributed by atoms with Crippen LogP contribution in [0.3, 0.4) is 0 Å². The summed E-state index contributed by atoms with van der Waals surface area (Å²) in [6.07, 6.45) is 5.60. The van der Waals surface area contributed by atoms with Gasteiger partial charge in [0.25, 0.3) is 0 Å². The number of halogens is 2. The maximum Gasteiger partial charge on any atom is 0.166 e. The van der Waals surface area contributed by atoms with Crippen molar-refractivity contribution in [2.24, 2.45) is 0 Å². The van der Waals surface area contributed by atoms with Gasteiger partial charge in [-0.25, -0.2) is 9.37 Å². The smallest absolute Gasteiger partial charge is 0.166 e. The SMILES string of the molecule is CCC(CC)(CNc1ncc(Cl)cc1F)SC. The van der Waals surface area contributed by atoms with Crippen LogP contribution in [0.15, 0.2) is 12.3 Å². The fraction of sp³-hybridized carbons (Fsp3) is 0.583. The highest BCUT2D eigenvalue weighted by Crippen LogP contribution is 2.30. The molecule has 0 spiro atoms. The first-order valence-electron chi connectivity index (χ1n) is 5.67. The van der Waals surface area contributed by atoms with Crippen molar-refractivity contribution in [1.82, 2.24) is 4.98 Å². The summed E-state index contributed by atoms with van der Waals surface area (Å²) in [6, 6.07) is 1.27. The van der Waals surface area contributed by atoms with Crippen molar-refractivity contribution in [1.29, 1.82) is 0 Å². The van der Waals surface area contributed by atoms with E-state index in [1.54, 1.807) is 11.8 Å². The Morgan fingerprint density at radius 1 is 1.47 bits per heavy atom. The molecule has 0 radical (unpaired) electrons. The minimum Gasteiger partial charge on any atom is -0.366 e. The molecule has 0 bridgehead atoms. The lowest BCUT2D eigenvalue weighted by Gasteiger charge is -2.30. The predicted molar refractivity (Wildman–Crippen MR) is 74.5 cm³/mol. The third kappa shape index (κ3) is 3.75. The molecule has 0 saturated carbocycles. The molecular weight excluding hydrogens is 259 g/mol. The van der Waals surface area contributed by atoms with Crippen LogP contribution in [0.5, 0.6) is 0 Å². The Morgan fingerprint density at radius 2 is 2.12 bits per heavy atom. The van der Waals surface area contributed by atoms with Crippen LogP contribution >= 0.6 is 23.4 Å². The summed E-state index contributed by atoms with van der Waals surface area (Å²) in [5.41, 5.74) is 0. The first-order valence-corrected chi connectivity index (χ1v) is 7.27. The van der Waals surface area contributed by atoms with E-state index < -0.39 is 5.82 Å². The Kier molecular flexibility index (Phi) is 5.53. The van der Waals surface area contributed by atoms with Gasteiger partial charge in [-0.3, -0.25) is 0 Å². The number of nitrogens with one attached hydrogen (secondary N) is 1. The van der Waals surface area contributed by atoms with Crippen LogP contribution in [-0.2, 0) is 0 Å². The highest BCUT2D eigenvalue weighted by molar-refractivity contribution is 8.00. The third-order valence-electron chi connectivity index (χ3n) is 3.11. The van der Waals surface area contributed by atoms with Crippen molar-refractivity contribution in [3.05, 3.63) is 23.1 Å². The summed E-state index contributed by atoms with van der Waals surface area (Å²) in [7, 11) is 0. The Hall–Kier alpha value is -0.480. The van der Waals surface area contributed by atoms with Gasteiger partial charge in [0.15, 0.2) is 11.6 Å². The van der Waals surface area contributed by atoms with Gasteiger partial charge < -0.3 is 5.32 Å². The van der Waals surface area contributed by atoms with Crippen LogP contribution in [0, 0.1) is 5.82 Å². The number of aromatic nitrogens is 1. The summed E-state index contributed by atoms with van der Waals surface area (Å²) in [5, 5.41) is 3.38. The van der Waals surface area contributed by atoms with E-state index in [1.165, 1.54) is 12.3 Å². The van der Waals surface area contributed by atoms with Gasteiger partial charge in [0.2, 0.25) is 0 Å². The second-order valence-corrected chi connectivity index (χ2v) is 5.64. The first-order chi connectivity index (χ1) is 8.06. The molecule has 0 aromatic carbocycles. The Labute approximate surface area is 111 Å². The van der Waals surface area contributed by atoms with Crippen LogP contribution in [-0.4, -0.2) is 22.5 Å². The molecule has 0 aliphatic carbocycles. The van der Waals surface area contributed by atoms with Crippen LogP contribution in [0.1, 0.15) is 26.7 Å². The Balaban J connectivity index is 2.72. The fourth-order valence-corrected chi connectivity index (χ4v) is 2.59. The van der Waals surface area contributed by atoms with E-state index >= 15 is 0 Å². The van der Waals surface area contributed by atoms with E-state index in [0.717, 1.165) is 12.8 Å². The van der Waals surface area contributed by atoms with Gasteiger partial charge in [-0.05, 0) is 25.2 Å². The number of nitrogens with zero attached hydrogens (tertiary/aromatic N) is 1. The summed E-state index contributed by atoms with van der Waals surface area (Å²) in [6.45, 7) is 4.99. The van der Waals surface area contributed by atoms with Crippen LogP contribution in [0.4, 0.5) is 10.2 Å². The minimum atomic E-state index is -0.403.